The first kappa shape index (κ1) is 21.1. The Hall–Kier alpha value is -2.73. The van der Waals surface area contributed by atoms with Crippen LogP contribution in [-0.4, -0.2) is 73.5 Å². The molecule has 168 valence electrons. The molecule has 0 amide bonds. The molecule has 32 heavy (non-hydrogen) atoms. The van der Waals surface area contributed by atoms with Crippen LogP contribution in [0.3, 0.4) is 0 Å². The predicted octanol–water partition coefficient (Wildman–Crippen LogP) is 2.90. The minimum Gasteiger partial charge on any atom is -0.380 e. The number of rotatable bonds is 6. The number of aromatic nitrogens is 2. The van der Waals surface area contributed by atoms with Gasteiger partial charge in [0.05, 0.1) is 37.0 Å². The summed E-state index contributed by atoms with van der Waals surface area (Å²) in [4.78, 5) is 14.2. The van der Waals surface area contributed by atoms with Crippen LogP contribution in [-0.2, 0) is 9.47 Å². The van der Waals surface area contributed by atoms with E-state index in [-0.39, 0.29) is 6.10 Å². The first-order valence-corrected chi connectivity index (χ1v) is 11.5. The lowest BCUT2D eigenvalue weighted by Gasteiger charge is -2.41. The summed E-state index contributed by atoms with van der Waals surface area (Å²) in [5.41, 5.74) is 1.90. The van der Waals surface area contributed by atoms with E-state index in [1.54, 1.807) is 25.4 Å². The number of piperidine rings is 1. The maximum absolute atomic E-state index is 9.21. The number of likely N-dealkylation sites (tertiary alicyclic amines) is 1. The summed E-state index contributed by atoms with van der Waals surface area (Å²) < 4.78 is 10.9. The van der Waals surface area contributed by atoms with Crippen LogP contribution in [0.1, 0.15) is 36.3 Å². The SMILES string of the molecule is COC1CCN(c2cc(C3CCN(C4COC4)CC3)cc(Nc3cc(C#N)ccn3)n2)C1. The van der Waals surface area contributed by atoms with E-state index in [4.69, 9.17) is 14.5 Å². The average molecular weight is 435 g/mol. The van der Waals surface area contributed by atoms with Crippen LogP contribution in [0.25, 0.3) is 0 Å². The first-order valence-electron chi connectivity index (χ1n) is 11.5. The van der Waals surface area contributed by atoms with Crippen molar-refractivity contribution in [3.8, 4) is 6.07 Å². The Morgan fingerprint density at radius 1 is 1.12 bits per heavy atom. The molecule has 1 atom stereocenters. The molecule has 8 nitrogen and oxygen atoms in total. The van der Waals surface area contributed by atoms with Crippen LogP contribution in [0.15, 0.2) is 30.5 Å². The van der Waals surface area contributed by atoms with Crippen molar-refractivity contribution < 1.29 is 9.47 Å². The fourth-order valence-corrected chi connectivity index (χ4v) is 4.86. The Balaban J connectivity index is 1.38. The zero-order chi connectivity index (χ0) is 21.9. The molecule has 0 bridgehead atoms. The number of nitrogens with one attached hydrogen (secondary N) is 1. The van der Waals surface area contributed by atoms with Gasteiger partial charge in [0.25, 0.3) is 0 Å². The van der Waals surface area contributed by atoms with Gasteiger partial charge in [-0.05, 0) is 68.1 Å². The number of hydrogen-bond donors (Lipinski definition) is 1. The van der Waals surface area contributed by atoms with E-state index in [1.165, 1.54) is 5.56 Å². The monoisotopic (exact) mass is 434 g/mol. The van der Waals surface area contributed by atoms with Crippen LogP contribution in [0.5, 0.6) is 0 Å². The molecule has 5 heterocycles. The second-order valence-electron chi connectivity index (χ2n) is 8.90. The van der Waals surface area contributed by atoms with E-state index in [1.807, 2.05) is 0 Å². The highest BCUT2D eigenvalue weighted by molar-refractivity contribution is 5.59. The molecule has 1 unspecified atom stereocenters. The van der Waals surface area contributed by atoms with Crippen molar-refractivity contribution in [1.29, 1.82) is 5.26 Å². The third-order valence-electron chi connectivity index (χ3n) is 6.92. The van der Waals surface area contributed by atoms with Gasteiger partial charge in [-0.3, -0.25) is 4.90 Å². The van der Waals surface area contributed by atoms with Gasteiger partial charge in [0, 0.05) is 26.4 Å². The maximum atomic E-state index is 9.21. The Bertz CT molecular complexity index is 981. The van der Waals surface area contributed by atoms with Crippen molar-refractivity contribution in [2.75, 3.05) is 56.7 Å². The second-order valence-corrected chi connectivity index (χ2v) is 8.90. The number of methoxy groups -OCH3 is 1. The zero-order valence-electron chi connectivity index (χ0n) is 18.5. The fourth-order valence-electron chi connectivity index (χ4n) is 4.86. The number of anilines is 3. The van der Waals surface area contributed by atoms with E-state index < -0.39 is 0 Å². The Kier molecular flexibility index (Phi) is 6.21. The molecule has 5 rings (SSSR count). The smallest absolute Gasteiger partial charge is 0.134 e. The second kappa shape index (κ2) is 9.41. The fraction of sp³-hybridized carbons (Fsp3) is 0.542. The molecular formula is C24H30N6O2. The van der Waals surface area contributed by atoms with Gasteiger partial charge in [-0.2, -0.15) is 5.26 Å². The first-order chi connectivity index (χ1) is 15.7. The number of nitriles is 1. The van der Waals surface area contributed by atoms with Crippen LogP contribution in [0, 0.1) is 11.3 Å². The molecule has 8 heteroatoms. The lowest BCUT2D eigenvalue weighted by Crippen LogP contribution is -2.51. The summed E-state index contributed by atoms with van der Waals surface area (Å²) in [6.07, 6.45) is 5.19. The van der Waals surface area contributed by atoms with Crippen molar-refractivity contribution in [2.45, 2.75) is 37.3 Å². The highest BCUT2D eigenvalue weighted by Crippen LogP contribution is 2.34. The summed E-state index contributed by atoms with van der Waals surface area (Å²) in [7, 11) is 1.78. The van der Waals surface area contributed by atoms with Crippen molar-refractivity contribution in [3.63, 3.8) is 0 Å². The highest BCUT2D eigenvalue weighted by Gasteiger charge is 2.31. The van der Waals surface area contributed by atoms with Crippen molar-refractivity contribution in [2.24, 2.45) is 0 Å². The summed E-state index contributed by atoms with van der Waals surface area (Å²) in [5, 5.41) is 12.5. The van der Waals surface area contributed by atoms with Gasteiger partial charge in [-0.15, -0.1) is 0 Å². The minimum absolute atomic E-state index is 0.249. The number of pyridine rings is 2. The Morgan fingerprint density at radius 3 is 2.66 bits per heavy atom. The third kappa shape index (κ3) is 4.56. The van der Waals surface area contributed by atoms with Crippen molar-refractivity contribution >= 4 is 17.5 Å². The summed E-state index contributed by atoms with van der Waals surface area (Å²) in [5.74, 6) is 2.90. The lowest BCUT2D eigenvalue weighted by atomic mass is 9.89. The average Bonchev–Trinajstić information content (AvgIpc) is 3.28. The largest absolute Gasteiger partial charge is 0.380 e. The lowest BCUT2D eigenvalue weighted by molar-refractivity contribution is -0.0712. The summed E-state index contributed by atoms with van der Waals surface area (Å²) >= 11 is 0. The summed E-state index contributed by atoms with van der Waals surface area (Å²) in [6, 6.07) is 10.6. The molecule has 0 aliphatic carbocycles. The van der Waals surface area contributed by atoms with Crippen LogP contribution in [0.2, 0.25) is 0 Å². The number of nitrogens with zero attached hydrogens (tertiary/aromatic N) is 5. The quantitative estimate of drug-likeness (QED) is 0.743. The molecule has 3 fully saturated rings. The van der Waals surface area contributed by atoms with Gasteiger partial charge in [0.1, 0.15) is 17.5 Å². The topological polar surface area (TPSA) is 86.5 Å². The van der Waals surface area contributed by atoms with Gasteiger partial charge in [-0.25, -0.2) is 9.97 Å². The van der Waals surface area contributed by atoms with Gasteiger partial charge in [-0.1, -0.05) is 0 Å². The molecule has 3 aliphatic heterocycles. The molecule has 3 aliphatic rings. The van der Waals surface area contributed by atoms with E-state index in [0.29, 0.717) is 23.3 Å². The van der Waals surface area contributed by atoms with E-state index in [2.05, 4.69) is 38.3 Å². The standard InChI is InChI=1S/C24H30N6O2/c1-31-21-5-9-30(14-21)24-12-19(18-3-7-29(8-4-18)20-15-32-16-20)11-23(28-24)27-22-10-17(13-25)2-6-26-22/h2,6,10-12,18,20-21H,3-5,7-9,14-16H2,1H3,(H,26,27,28). The molecule has 0 spiro atoms. The van der Waals surface area contributed by atoms with Crippen molar-refractivity contribution in [3.05, 3.63) is 41.6 Å². The van der Waals surface area contributed by atoms with Gasteiger partial charge < -0.3 is 19.7 Å². The Labute approximate surface area is 189 Å². The van der Waals surface area contributed by atoms with Gasteiger partial charge in [0.2, 0.25) is 0 Å². The third-order valence-corrected chi connectivity index (χ3v) is 6.92. The van der Waals surface area contributed by atoms with Crippen LogP contribution in [0.4, 0.5) is 17.5 Å². The highest BCUT2D eigenvalue weighted by atomic mass is 16.5. The number of ether oxygens (including phenoxy) is 2. The molecule has 0 radical (unpaired) electrons. The molecule has 1 N–H and O–H groups in total. The molecule has 0 saturated carbocycles. The van der Waals surface area contributed by atoms with Gasteiger partial charge >= 0.3 is 0 Å². The predicted molar refractivity (Wildman–Crippen MR) is 122 cm³/mol. The molecule has 0 aromatic carbocycles. The molecule has 2 aromatic rings. The Morgan fingerprint density at radius 2 is 1.97 bits per heavy atom. The normalized spacial score (nSPS) is 22.5. The van der Waals surface area contributed by atoms with E-state index in [0.717, 1.165) is 70.3 Å². The number of hydrogen-bond acceptors (Lipinski definition) is 8. The van der Waals surface area contributed by atoms with Crippen LogP contribution >= 0.6 is 0 Å². The minimum atomic E-state index is 0.249. The maximum Gasteiger partial charge on any atom is 0.134 e. The molecular weight excluding hydrogens is 404 g/mol. The molecule has 2 aromatic heterocycles. The summed E-state index contributed by atoms with van der Waals surface area (Å²) in [6.45, 7) is 5.77. The van der Waals surface area contributed by atoms with E-state index in [9.17, 15) is 5.26 Å². The zero-order valence-corrected chi connectivity index (χ0v) is 18.5. The van der Waals surface area contributed by atoms with Gasteiger partial charge in [0.15, 0.2) is 0 Å². The molecule has 3 saturated heterocycles. The van der Waals surface area contributed by atoms with Crippen LogP contribution < -0.4 is 10.2 Å². The van der Waals surface area contributed by atoms with E-state index >= 15 is 0 Å². The van der Waals surface area contributed by atoms with Crippen molar-refractivity contribution in [1.82, 2.24) is 14.9 Å².